The summed E-state index contributed by atoms with van der Waals surface area (Å²) in [7, 11) is 2.29. The van der Waals surface area contributed by atoms with Gasteiger partial charge in [-0.25, -0.2) is 0 Å². The maximum absolute atomic E-state index is 6.12. The normalized spacial score (nSPS) is 24.0. The van der Waals surface area contributed by atoms with Gasteiger partial charge >= 0.3 is 0 Å². The fourth-order valence-electron chi connectivity index (χ4n) is 4.53. The van der Waals surface area contributed by atoms with Gasteiger partial charge in [0.05, 0.1) is 11.8 Å². The van der Waals surface area contributed by atoms with E-state index >= 15 is 0 Å². The third-order valence-corrected chi connectivity index (χ3v) is 6.03. The lowest BCUT2D eigenvalue weighted by molar-refractivity contribution is 0.149. The molecule has 0 aliphatic carbocycles. The molecule has 2 fully saturated rings. The Balaban J connectivity index is 1.54. The number of piperazine rings is 1. The predicted molar refractivity (Wildman–Crippen MR) is 103 cm³/mol. The number of rotatable bonds is 2. The molecule has 1 aromatic carbocycles. The van der Waals surface area contributed by atoms with E-state index in [1.54, 1.807) is 6.20 Å². The Kier molecular flexibility index (Phi) is 3.89. The first-order valence-corrected chi connectivity index (χ1v) is 9.57. The maximum atomic E-state index is 6.12. The van der Waals surface area contributed by atoms with Gasteiger partial charge in [0.2, 0.25) is 0 Å². The molecule has 2 aliphatic rings. The summed E-state index contributed by atoms with van der Waals surface area (Å²) in [5.74, 6) is 1.83. The van der Waals surface area contributed by atoms with E-state index in [0.717, 1.165) is 41.2 Å². The summed E-state index contributed by atoms with van der Waals surface area (Å²) in [6, 6.07) is 13.5. The second-order valence-corrected chi connectivity index (χ2v) is 7.58. The number of hydrogen-bond donors (Lipinski definition) is 0. The average molecular weight is 348 g/mol. The Labute approximate surface area is 153 Å². The molecule has 26 heavy (non-hydrogen) atoms. The molecule has 3 aromatic rings. The van der Waals surface area contributed by atoms with Gasteiger partial charge in [-0.15, -0.1) is 5.10 Å². The zero-order chi connectivity index (χ0) is 17.5. The fraction of sp³-hybridized carbons (Fsp3) is 0.429. The zero-order valence-electron chi connectivity index (χ0n) is 15.1. The molecule has 0 N–H and O–H groups in total. The molecule has 0 spiro atoms. The number of aromatic nitrogens is 2. The molecule has 5 heteroatoms. The molecule has 2 aliphatic heterocycles. The van der Waals surface area contributed by atoms with Gasteiger partial charge in [-0.1, -0.05) is 31.0 Å². The third-order valence-electron chi connectivity index (χ3n) is 6.03. The number of nitrogens with zero attached hydrogens (tertiary/aromatic N) is 4. The summed E-state index contributed by atoms with van der Waals surface area (Å²) >= 11 is 0. The first-order valence-electron chi connectivity index (χ1n) is 9.57. The lowest BCUT2D eigenvalue weighted by Gasteiger charge is -2.44. The van der Waals surface area contributed by atoms with Crippen LogP contribution in [0.2, 0.25) is 0 Å². The molecule has 2 saturated heterocycles. The molecule has 134 valence electrons. The zero-order valence-corrected chi connectivity index (χ0v) is 15.1. The minimum absolute atomic E-state index is 0.599. The Morgan fingerprint density at radius 2 is 1.81 bits per heavy atom. The van der Waals surface area contributed by atoms with E-state index in [4.69, 9.17) is 4.42 Å². The second-order valence-electron chi connectivity index (χ2n) is 7.58. The number of fused-ring (bicyclic) bond motifs is 3. The van der Waals surface area contributed by atoms with Crippen molar-refractivity contribution < 1.29 is 4.42 Å². The van der Waals surface area contributed by atoms with E-state index in [9.17, 15) is 0 Å². The molecule has 2 aromatic heterocycles. The topological polar surface area (TPSA) is 45.4 Å². The quantitative estimate of drug-likeness (QED) is 0.702. The van der Waals surface area contributed by atoms with Crippen molar-refractivity contribution in [2.45, 2.75) is 37.8 Å². The van der Waals surface area contributed by atoms with Crippen LogP contribution in [0.5, 0.6) is 0 Å². The van der Waals surface area contributed by atoms with Crippen LogP contribution in [0.25, 0.3) is 22.3 Å². The standard InChI is InChI=1S/C21H24N4O/c1-24-16-7-3-4-8-17(24)14-25(13-16)21-18(10-11-22-23-21)20-12-15-6-2-5-9-19(15)26-20/h2,5-6,9-12,16-17H,3-4,7-8,13-14H2,1H3. The van der Waals surface area contributed by atoms with Crippen molar-refractivity contribution in [2.24, 2.45) is 0 Å². The highest BCUT2D eigenvalue weighted by Gasteiger charge is 2.35. The van der Waals surface area contributed by atoms with Gasteiger partial charge in [-0.05, 0) is 38.1 Å². The Hall–Kier alpha value is -2.40. The summed E-state index contributed by atoms with van der Waals surface area (Å²) in [5.41, 5.74) is 1.95. The van der Waals surface area contributed by atoms with E-state index in [1.807, 2.05) is 24.3 Å². The molecule has 2 unspecified atom stereocenters. The van der Waals surface area contributed by atoms with Crippen LogP contribution < -0.4 is 4.90 Å². The molecule has 2 bridgehead atoms. The molecule has 0 radical (unpaired) electrons. The van der Waals surface area contributed by atoms with Crippen LogP contribution in [0.1, 0.15) is 25.7 Å². The highest BCUT2D eigenvalue weighted by Crippen LogP contribution is 2.35. The van der Waals surface area contributed by atoms with E-state index in [0.29, 0.717) is 12.1 Å². The molecule has 2 atom stereocenters. The lowest BCUT2D eigenvalue weighted by atomic mass is 10.0. The van der Waals surface area contributed by atoms with Gasteiger partial charge in [0.1, 0.15) is 11.3 Å². The van der Waals surface area contributed by atoms with Crippen LogP contribution in [-0.4, -0.2) is 47.3 Å². The summed E-state index contributed by atoms with van der Waals surface area (Å²) in [6.45, 7) is 2.03. The van der Waals surface area contributed by atoms with Crippen molar-refractivity contribution in [2.75, 3.05) is 25.0 Å². The smallest absolute Gasteiger partial charge is 0.162 e. The van der Waals surface area contributed by atoms with Crippen LogP contribution in [0.15, 0.2) is 47.0 Å². The third kappa shape index (κ3) is 2.67. The highest BCUT2D eigenvalue weighted by atomic mass is 16.3. The number of furan rings is 1. The van der Waals surface area contributed by atoms with Crippen LogP contribution in [0.3, 0.4) is 0 Å². The second kappa shape index (κ2) is 6.40. The van der Waals surface area contributed by atoms with Crippen LogP contribution >= 0.6 is 0 Å². The van der Waals surface area contributed by atoms with Gasteiger partial charge in [0.15, 0.2) is 5.82 Å². The number of anilines is 1. The minimum Gasteiger partial charge on any atom is -0.456 e. The average Bonchev–Trinajstić information content (AvgIpc) is 3.08. The van der Waals surface area contributed by atoms with Crippen LogP contribution in [0, 0.1) is 0 Å². The molecule has 0 amide bonds. The largest absolute Gasteiger partial charge is 0.456 e. The minimum atomic E-state index is 0.599. The van der Waals surface area contributed by atoms with Gasteiger partial charge in [0.25, 0.3) is 0 Å². The maximum Gasteiger partial charge on any atom is 0.162 e. The Morgan fingerprint density at radius 3 is 2.58 bits per heavy atom. The molecule has 5 rings (SSSR count). The first-order chi connectivity index (χ1) is 12.8. The van der Waals surface area contributed by atoms with E-state index in [2.05, 4.69) is 39.2 Å². The van der Waals surface area contributed by atoms with Gasteiger partial charge in [0, 0.05) is 30.6 Å². The van der Waals surface area contributed by atoms with E-state index in [1.165, 1.54) is 25.7 Å². The van der Waals surface area contributed by atoms with Crippen molar-refractivity contribution in [1.29, 1.82) is 0 Å². The number of hydrogen-bond acceptors (Lipinski definition) is 5. The SMILES string of the molecule is CN1C2CCCCC1CN(c1nnccc1-c1cc3ccccc3o1)C2. The molecule has 5 nitrogen and oxygen atoms in total. The summed E-state index contributed by atoms with van der Waals surface area (Å²) in [4.78, 5) is 5.01. The van der Waals surface area contributed by atoms with Gasteiger partial charge in [-0.2, -0.15) is 5.10 Å². The highest BCUT2D eigenvalue weighted by molar-refractivity contribution is 5.85. The van der Waals surface area contributed by atoms with Gasteiger partial charge in [-0.3, -0.25) is 4.90 Å². The van der Waals surface area contributed by atoms with E-state index in [-0.39, 0.29) is 0 Å². The number of benzene rings is 1. The monoisotopic (exact) mass is 348 g/mol. The molecular weight excluding hydrogens is 324 g/mol. The van der Waals surface area contributed by atoms with Crippen molar-refractivity contribution in [3.63, 3.8) is 0 Å². The van der Waals surface area contributed by atoms with Gasteiger partial charge < -0.3 is 9.32 Å². The van der Waals surface area contributed by atoms with Crippen molar-refractivity contribution in [3.05, 3.63) is 42.6 Å². The molecule has 0 saturated carbocycles. The van der Waals surface area contributed by atoms with Crippen molar-refractivity contribution in [1.82, 2.24) is 15.1 Å². The summed E-state index contributed by atoms with van der Waals surface area (Å²) < 4.78 is 6.12. The predicted octanol–water partition coefficient (Wildman–Crippen LogP) is 3.95. The van der Waals surface area contributed by atoms with Crippen LogP contribution in [-0.2, 0) is 0 Å². The Bertz CT molecular complexity index is 872. The van der Waals surface area contributed by atoms with Crippen LogP contribution in [0.4, 0.5) is 5.82 Å². The number of likely N-dealkylation sites (N-methyl/N-ethyl adjacent to an activating group) is 1. The number of para-hydroxylation sites is 1. The molecule has 4 heterocycles. The first kappa shape index (κ1) is 15.8. The summed E-state index contributed by atoms with van der Waals surface area (Å²) in [5, 5.41) is 9.84. The Morgan fingerprint density at radius 1 is 1.04 bits per heavy atom. The fourth-order valence-corrected chi connectivity index (χ4v) is 4.53. The van der Waals surface area contributed by atoms with Crippen molar-refractivity contribution in [3.8, 4) is 11.3 Å². The molecular formula is C21H24N4O. The van der Waals surface area contributed by atoms with Crippen molar-refractivity contribution >= 4 is 16.8 Å². The lowest BCUT2D eigenvalue weighted by Crippen LogP contribution is -2.56. The van der Waals surface area contributed by atoms with E-state index < -0.39 is 0 Å². The summed E-state index contributed by atoms with van der Waals surface area (Å²) in [6.07, 6.45) is 6.95.